The molecule has 2 N–H and O–H groups in total. The van der Waals surface area contributed by atoms with Gasteiger partial charge in [-0.25, -0.2) is 0 Å². The lowest BCUT2D eigenvalue weighted by molar-refractivity contribution is 0.314. The van der Waals surface area contributed by atoms with Crippen molar-refractivity contribution in [1.29, 1.82) is 0 Å². The Kier molecular flexibility index (Phi) is 2.66. The van der Waals surface area contributed by atoms with Crippen LogP contribution in [0.25, 0.3) is 0 Å². The Morgan fingerprint density at radius 2 is 2.31 bits per heavy atom. The molecule has 4 nitrogen and oxygen atoms in total. The molecule has 1 aromatic heterocycles. The molecule has 86 valence electrons. The molecule has 2 heterocycles. The third-order valence-electron chi connectivity index (χ3n) is 3.23. The number of rotatable bonds is 2. The van der Waals surface area contributed by atoms with Crippen LogP contribution < -0.4 is 15.4 Å². The van der Waals surface area contributed by atoms with Crippen LogP contribution in [-0.2, 0) is 6.54 Å². The molecular weight excluding hydrogens is 202 g/mol. The smallest absolute Gasteiger partial charge is 0.219 e. The van der Waals surface area contributed by atoms with E-state index in [1.165, 1.54) is 19.3 Å². The molecule has 0 unspecified atom stereocenters. The number of ether oxygens (including phenoxy) is 1. The highest BCUT2D eigenvalue weighted by molar-refractivity contribution is 5.42. The summed E-state index contributed by atoms with van der Waals surface area (Å²) in [5, 5.41) is 6.74. The molecule has 1 saturated carbocycles. The minimum atomic E-state index is 0.620. The number of nitrogens with zero attached hydrogens (tertiary/aromatic N) is 1. The summed E-state index contributed by atoms with van der Waals surface area (Å²) in [6, 6.07) is 4.77. The quantitative estimate of drug-likeness (QED) is 0.792. The fourth-order valence-electron chi connectivity index (χ4n) is 2.01. The molecule has 0 amide bonds. The van der Waals surface area contributed by atoms with E-state index in [0.29, 0.717) is 12.6 Å². The van der Waals surface area contributed by atoms with Crippen LogP contribution in [0, 0.1) is 0 Å². The molecule has 1 aliphatic carbocycles. The average Bonchev–Trinajstić information content (AvgIpc) is 2.48. The minimum absolute atomic E-state index is 0.620. The molecule has 4 heteroatoms. The fourth-order valence-corrected chi connectivity index (χ4v) is 2.01. The molecule has 0 bridgehead atoms. The molecule has 2 aliphatic rings. The van der Waals surface area contributed by atoms with Gasteiger partial charge in [0.05, 0.1) is 0 Å². The van der Waals surface area contributed by atoms with Crippen LogP contribution in [0.5, 0.6) is 5.88 Å². The lowest BCUT2D eigenvalue weighted by Crippen LogP contribution is -2.27. The van der Waals surface area contributed by atoms with Gasteiger partial charge in [0, 0.05) is 24.7 Å². The summed E-state index contributed by atoms with van der Waals surface area (Å²) in [5.74, 6) is 1.74. The van der Waals surface area contributed by atoms with Crippen molar-refractivity contribution in [2.24, 2.45) is 0 Å². The Balaban J connectivity index is 1.77. The zero-order valence-electron chi connectivity index (χ0n) is 9.33. The number of anilines is 1. The van der Waals surface area contributed by atoms with Gasteiger partial charge in [0.1, 0.15) is 12.4 Å². The lowest BCUT2D eigenvalue weighted by Gasteiger charge is -2.27. The van der Waals surface area contributed by atoms with Crippen LogP contribution in [0.2, 0.25) is 0 Å². The van der Waals surface area contributed by atoms with E-state index >= 15 is 0 Å². The van der Waals surface area contributed by atoms with Gasteiger partial charge < -0.3 is 15.4 Å². The first-order valence-corrected chi connectivity index (χ1v) is 6.02. The molecule has 1 aliphatic heterocycles. The fraction of sp³-hybridized carbons (Fsp3) is 0.583. The first-order valence-electron chi connectivity index (χ1n) is 6.02. The van der Waals surface area contributed by atoms with Crippen molar-refractivity contribution in [1.82, 2.24) is 10.3 Å². The van der Waals surface area contributed by atoms with Gasteiger partial charge in [0.2, 0.25) is 5.88 Å². The Bertz CT molecular complexity index is 377. The van der Waals surface area contributed by atoms with Gasteiger partial charge in [-0.3, -0.25) is 0 Å². The van der Waals surface area contributed by atoms with Gasteiger partial charge in [-0.05, 0) is 31.4 Å². The highest BCUT2D eigenvalue weighted by Crippen LogP contribution is 2.25. The van der Waals surface area contributed by atoms with Crippen molar-refractivity contribution in [3.05, 3.63) is 17.7 Å². The highest BCUT2D eigenvalue weighted by atomic mass is 16.5. The molecule has 16 heavy (non-hydrogen) atoms. The number of fused-ring (bicyclic) bond motifs is 1. The molecule has 0 radical (unpaired) electrons. The third-order valence-corrected chi connectivity index (χ3v) is 3.23. The molecule has 0 spiro atoms. The van der Waals surface area contributed by atoms with Crippen molar-refractivity contribution in [2.45, 2.75) is 31.8 Å². The van der Waals surface area contributed by atoms with E-state index in [9.17, 15) is 0 Å². The Morgan fingerprint density at radius 1 is 1.38 bits per heavy atom. The Morgan fingerprint density at radius 3 is 3.12 bits per heavy atom. The van der Waals surface area contributed by atoms with Crippen LogP contribution in [0.3, 0.4) is 0 Å². The van der Waals surface area contributed by atoms with Crippen LogP contribution in [0.4, 0.5) is 5.82 Å². The van der Waals surface area contributed by atoms with Crippen molar-refractivity contribution >= 4 is 5.82 Å². The highest BCUT2D eigenvalue weighted by Gasteiger charge is 2.18. The van der Waals surface area contributed by atoms with Crippen molar-refractivity contribution < 1.29 is 4.74 Å². The first kappa shape index (κ1) is 9.90. The molecule has 1 fully saturated rings. The van der Waals surface area contributed by atoms with E-state index in [-0.39, 0.29) is 0 Å². The minimum Gasteiger partial charge on any atom is -0.476 e. The lowest BCUT2D eigenvalue weighted by atomic mass is 9.93. The molecule has 3 rings (SSSR count). The third kappa shape index (κ3) is 1.97. The van der Waals surface area contributed by atoms with Gasteiger partial charge in [0.25, 0.3) is 0 Å². The monoisotopic (exact) mass is 219 g/mol. The van der Waals surface area contributed by atoms with E-state index < -0.39 is 0 Å². The summed E-state index contributed by atoms with van der Waals surface area (Å²) in [6.45, 7) is 2.45. The summed E-state index contributed by atoms with van der Waals surface area (Å²) in [6.07, 6.45) is 3.87. The average molecular weight is 219 g/mol. The SMILES string of the molecule is c1cc2c(nc1NC1CCC1)OCCNC2. The van der Waals surface area contributed by atoms with E-state index in [1.54, 1.807) is 0 Å². The Labute approximate surface area is 95.4 Å². The van der Waals surface area contributed by atoms with Crippen LogP contribution in [0.1, 0.15) is 24.8 Å². The number of hydrogen-bond donors (Lipinski definition) is 2. The molecule has 0 aromatic carbocycles. The zero-order valence-corrected chi connectivity index (χ0v) is 9.33. The summed E-state index contributed by atoms with van der Waals surface area (Å²) in [4.78, 5) is 4.52. The van der Waals surface area contributed by atoms with E-state index in [2.05, 4.69) is 21.7 Å². The maximum Gasteiger partial charge on any atom is 0.219 e. The van der Waals surface area contributed by atoms with E-state index in [1.807, 2.05) is 6.07 Å². The molecule has 1 aromatic rings. The maximum atomic E-state index is 5.61. The number of pyridine rings is 1. The number of aromatic nitrogens is 1. The standard InChI is InChI=1S/C12H17N3O/c1-2-10(3-1)14-11-5-4-9-8-13-6-7-16-12(9)15-11/h4-5,10,13H,1-3,6-8H2,(H,14,15). The van der Waals surface area contributed by atoms with Gasteiger partial charge >= 0.3 is 0 Å². The summed E-state index contributed by atoms with van der Waals surface area (Å²) >= 11 is 0. The van der Waals surface area contributed by atoms with Crippen LogP contribution in [-0.4, -0.2) is 24.2 Å². The van der Waals surface area contributed by atoms with Crippen LogP contribution >= 0.6 is 0 Å². The summed E-state index contributed by atoms with van der Waals surface area (Å²) < 4.78 is 5.61. The Hall–Kier alpha value is -1.29. The number of nitrogens with one attached hydrogen (secondary N) is 2. The van der Waals surface area contributed by atoms with Crippen molar-refractivity contribution in [3.8, 4) is 5.88 Å². The number of hydrogen-bond acceptors (Lipinski definition) is 4. The van der Waals surface area contributed by atoms with Crippen LogP contribution in [0.15, 0.2) is 12.1 Å². The van der Waals surface area contributed by atoms with Gasteiger partial charge in [-0.1, -0.05) is 0 Å². The largest absolute Gasteiger partial charge is 0.476 e. The second kappa shape index (κ2) is 4.29. The van der Waals surface area contributed by atoms with E-state index in [4.69, 9.17) is 4.74 Å². The van der Waals surface area contributed by atoms with Gasteiger partial charge in [-0.2, -0.15) is 4.98 Å². The normalized spacial score (nSPS) is 20.2. The maximum absolute atomic E-state index is 5.61. The molecular formula is C12H17N3O. The second-order valence-electron chi connectivity index (χ2n) is 4.46. The van der Waals surface area contributed by atoms with E-state index in [0.717, 1.165) is 30.4 Å². The van der Waals surface area contributed by atoms with Gasteiger partial charge in [0.15, 0.2) is 0 Å². The zero-order chi connectivity index (χ0) is 10.8. The predicted octanol–water partition coefficient (Wildman–Crippen LogP) is 1.53. The summed E-state index contributed by atoms with van der Waals surface area (Å²) in [5.41, 5.74) is 1.15. The van der Waals surface area contributed by atoms with Gasteiger partial charge in [-0.15, -0.1) is 0 Å². The van der Waals surface area contributed by atoms with Crippen molar-refractivity contribution in [2.75, 3.05) is 18.5 Å². The second-order valence-corrected chi connectivity index (χ2v) is 4.46. The molecule has 0 saturated heterocycles. The summed E-state index contributed by atoms with van der Waals surface area (Å²) in [7, 11) is 0. The van der Waals surface area contributed by atoms with Crippen molar-refractivity contribution in [3.63, 3.8) is 0 Å². The molecule has 0 atom stereocenters. The topological polar surface area (TPSA) is 46.2 Å². The predicted molar refractivity (Wildman–Crippen MR) is 62.7 cm³/mol. The first-order chi connectivity index (χ1) is 7.92.